The predicted molar refractivity (Wildman–Crippen MR) is 68.3 cm³/mol. The van der Waals surface area contributed by atoms with Gasteiger partial charge in [0, 0.05) is 0 Å². The standard InChI is InChI=1S/C14H16S/c1-11(2)9-12-5-3-4-6-14(12)13-7-8-15-10-13/h3-8,10-11H,9H2,1-2H3. The van der Waals surface area contributed by atoms with Crippen molar-refractivity contribution in [2.24, 2.45) is 5.92 Å². The van der Waals surface area contributed by atoms with Gasteiger partial charge in [-0.15, -0.1) is 0 Å². The van der Waals surface area contributed by atoms with Gasteiger partial charge in [0.05, 0.1) is 0 Å². The van der Waals surface area contributed by atoms with E-state index < -0.39 is 0 Å². The summed E-state index contributed by atoms with van der Waals surface area (Å²) < 4.78 is 0. The van der Waals surface area contributed by atoms with Crippen LogP contribution in [0, 0.1) is 5.92 Å². The SMILES string of the molecule is CC(C)Cc1ccccc1-c1ccsc1. The molecule has 0 atom stereocenters. The Hall–Kier alpha value is -1.08. The molecule has 78 valence electrons. The largest absolute Gasteiger partial charge is 0.152 e. The number of benzene rings is 1. The summed E-state index contributed by atoms with van der Waals surface area (Å²) in [6, 6.07) is 10.9. The average molecular weight is 216 g/mol. The van der Waals surface area contributed by atoms with E-state index in [4.69, 9.17) is 0 Å². The molecule has 0 saturated carbocycles. The third-order valence-electron chi connectivity index (χ3n) is 2.48. The zero-order valence-corrected chi connectivity index (χ0v) is 10.1. The summed E-state index contributed by atoms with van der Waals surface area (Å²) in [6.07, 6.45) is 1.16. The van der Waals surface area contributed by atoms with Crippen LogP contribution in [0.15, 0.2) is 41.1 Å². The maximum Gasteiger partial charge on any atom is -0.00146 e. The molecular formula is C14H16S. The molecule has 0 amide bonds. The van der Waals surface area contributed by atoms with Gasteiger partial charge in [0.15, 0.2) is 0 Å². The van der Waals surface area contributed by atoms with Gasteiger partial charge in [-0.1, -0.05) is 38.1 Å². The lowest BCUT2D eigenvalue weighted by Crippen LogP contribution is -1.95. The van der Waals surface area contributed by atoms with Crippen molar-refractivity contribution in [3.8, 4) is 11.1 Å². The second kappa shape index (κ2) is 4.63. The van der Waals surface area contributed by atoms with Crippen LogP contribution in [0.25, 0.3) is 11.1 Å². The summed E-state index contributed by atoms with van der Waals surface area (Å²) in [7, 11) is 0. The Balaban J connectivity index is 2.38. The number of hydrogen-bond donors (Lipinski definition) is 0. The fourth-order valence-electron chi connectivity index (χ4n) is 1.84. The van der Waals surface area contributed by atoms with E-state index in [1.54, 1.807) is 11.3 Å². The minimum atomic E-state index is 0.713. The summed E-state index contributed by atoms with van der Waals surface area (Å²) in [5, 5.41) is 4.36. The zero-order chi connectivity index (χ0) is 10.7. The lowest BCUT2D eigenvalue weighted by Gasteiger charge is -2.10. The molecule has 0 N–H and O–H groups in total. The van der Waals surface area contributed by atoms with Crippen LogP contribution < -0.4 is 0 Å². The molecule has 1 heterocycles. The average Bonchev–Trinajstić information content (AvgIpc) is 2.70. The molecular weight excluding hydrogens is 200 g/mol. The molecule has 15 heavy (non-hydrogen) atoms. The van der Waals surface area contributed by atoms with Crippen LogP contribution in [0.4, 0.5) is 0 Å². The van der Waals surface area contributed by atoms with Crippen molar-refractivity contribution < 1.29 is 0 Å². The van der Waals surface area contributed by atoms with Gasteiger partial charge in [-0.25, -0.2) is 0 Å². The van der Waals surface area contributed by atoms with E-state index in [9.17, 15) is 0 Å². The highest BCUT2D eigenvalue weighted by Gasteiger charge is 2.06. The molecule has 0 fully saturated rings. The molecule has 0 spiro atoms. The van der Waals surface area contributed by atoms with Gasteiger partial charge >= 0.3 is 0 Å². The van der Waals surface area contributed by atoms with Crippen LogP contribution in [-0.2, 0) is 6.42 Å². The molecule has 0 aliphatic rings. The monoisotopic (exact) mass is 216 g/mol. The summed E-state index contributed by atoms with van der Waals surface area (Å²) in [5.41, 5.74) is 4.22. The first-order chi connectivity index (χ1) is 7.27. The molecule has 0 unspecified atom stereocenters. The van der Waals surface area contributed by atoms with Crippen molar-refractivity contribution in [1.82, 2.24) is 0 Å². The minimum absolute atomic E-state index is 0.713. The lowest BCUT2D eigenvalue weighted by molar-refractivity contribution is 0.648. The topological polar surface area (TPSA) is 0 Å². The second-order valence-electron chi connectivity index (χ2n) is 4.27. The molecule has 2 aromatic rings. The van der Waals surface area contributed by atoms with Crippen LogP contribution in [0.5, 0.6) is 0 Å². The van der Waals surface area contributed by atoms with E-state index >= 15 is 0 Å². The minimum Gasteiger partial charge on any atom is -0.152 e. The van der Waals surface area contributed by atoms with E-state index in [2.05, 4.69) is 54.9 Å². The van der Waals surface area contributed by atoms with Crippen molar-refractivity contribution in [3.05, 3.63) is 46.7 Å². The molecule has 0 radical (unpaired) electrons. The van der Waals surface area contributed by atoms with Gasteiger partial charge in [0.25, 0.3) is 0 Å². The Morgan fingerprint density at radius 2 is 1.93 bits per heavy atom. The van der Waals surface area contributed by atoms with Crippen molar-refractivity contribution in [2.45, 2.75) is 20.3 Å². The molecule has 1 heteroatoms. The maximum absolute atomic E-state index is 2.27. The first-order valence-electron chi connectivity index (χ1n) is 5.38. The molecule has 0 saturated heterocycles. The maximum atomic E-state index is 2.27. The summed E-state index contributed by atoms with van der Waals surface area (Å²) in [4.78, 5) is 0. The van der Waals surface area contributed by atoms with E-state index in [1.165, 1.54) is 16.7 Å². The summed E-state index contributed by atoms with van der Waals surface area (Å²) in [6.45, 7) is 4.54. The quantitative estimate of drug-likeness (QED) is 0.702. The van der Waals surface area contributed by atoms with E-state index in [-0.39, 0.29) is 0 Å². The Labute approximate surface area is 95.6 Å². The normalized spacial score (nSPS) is 10.9. The Bertz CT molecular complexity index is 413. The van der Waals surface area contributed by atoms with Crippen LogP contribution >= 0.6 is 11.3 Å². The number of hydrogen-bond acceptors (Lipinski definition) is 1. The van der Waals surface area contributed by atoms with E-state index in [1.807, 2.05) is 0 Å². The molecule has 2 rings (SSSR count). The fraction of sp³-hybridized carbons (Fsp3) is 0.286. The van der Waals surface area contributed by atoms with Crippen molar-refractivity contribution in [2.75, 3.05) is 0 Å². The number of rotatable bonds is 3. The second-order valence-corrected chi connectivity index (χ2v) is 5.05. The van der Waals surface area contributed by atoms with Gasteiger partial charge in [-0.3, -0.25) is 0 Å². The van der Waals surface area contributed by atoms with Crippen molar-refractivity contribution in [1.29, 1.82) is 0 Å². The molecule has 0 aliphatic carbocycles. The van der Waals surface area contributed by atoms with E-state index in [0.717, 1.165) is 6.42 Å². The molecule has 0 bridgehead atoms. The first kappa shape index (κ1) is 10.4. The fourth-order valence-corrected chi connectivity index (χ4v) is 2.49. The first-order valence-corrected chi connectivity index (χ1v) is 6.32. The Morgan fingerprint density at radius 3 is 2.60 bits per heavy atom. The Kier molecular flexibility index (Phi) is 3.22. The summed E-state index contributed by atoms with van der Waals surface area (Å²) >= 11 is 1.76. The summed E-state index contributed by atoms with van der Waals surface area (Å²) in [5.74, 6) is 0.713. The van der Waals surface area contributed by atoms with Crippen molar-refractivity contribution >= 4 is 11.3 Å². The highest BCUT2D eigenvalue weighted by molar-refractivity contribution is 7.08. The highest BCUT2D eigenvalue weighted by Crippen LogP contribution is 2.27. The lowest BCUT2D eigenvalue weighted by atomic mass is 9.95. The van der Waals surface area contributed by atoms with Gasteiger partial charge in [0.2, 0.25) is 0 Å². The molecule has 1 aromatic heterocycles. The van der Waals surface area contributed by atoms with Gasteiger partial charge in [0.1, 0.15) is 0 Å². The predicted octanol–water partition coefficient (Wildman–Crippen LogP) is 4.61. The van der Waals surface area contributed by atoms with Gasteiger partial charge < -0.3 is 0 Å². The van der Waals surface area contributed by atoms with Gasteiger partial charge in [-0.2, -0.15) is 11.3 Å². The van der Waals surface area contributed by atoms with E-state index in [0.29, 0.717) is 5.92 Å². The third kappa shape index (κ3) is 2.48. The van der Waals surface area contributed by atoms with Crippen LogP contribution in [-0.4, -0.2) is 0 Å². The number of thiophene rings is 1. The van der Waals surface area contributed by atoms with Crippen LogP contribution in [0.3, 0.4) is 0 Å². The van der Waals surface area contributed by atoms with Gasteiger partial charge in [-0.05, 0) is 45.9 Å². The molecule has 0 nitrogen and oxygen atoms in total. The zero-order valence-electron chi connectivity index (χ0n) is 9.23. The van der Waals surface area contributed by atoms with Crippen molar-refractivity contribution in [3.63, 3.8) is 0 Å². The smallest absolute Gasteiger partial charge is 0.00146 e. The molecule has 1 aromatic carbocycles. The Morgan fingerprint density at radius 1 is 1.13 bits per heavy atom. The third-order valence-corrected chi connectivity index (χ3v) is 3.16. The van der Waals surface area contributed by atoms with Crippen LogP contribution in [0.2, 0.25) is 0 Å². The highest BCUT2D eigenvalue weighted by atomic mass is 32.1. The molecule has 0 aliphatic heterocycles. The van der Waals surface area contributed by atoms with Crippen LogP contribution in [0.1, 0.15) is 19.4 Å².